The van der Waals surface area contributed by atoms with Gasteiger partial charge in [0.15, 0.2) is 0 Å². The van der Waals surface area contributed by atoms with Gasteiger partial charge in [0, 0.05) is 45.8 Å². The van der Waals surface area contributed by atoms with E-state index in [-0.39, 0.29) is 48.2 Å². The van der Waals surface area contributed by atoms with Crippen LogP contribution in [0.25, 0.3) is 0 Å². The van der Waals surface area contributed by atoms with Crippen LogP contribution in [-0.4, -0.2) is 84.8 Å². The number of benzene rings is 1. The Balaban J connectivity index is 1.35. The fraction of sp³-hybridized carbons (Fsp3) is 0.581. The molecule has 2 aromatic rings. The maximum Gasteiger partial charge on any atom is 0.430 e. The normalized spacial score (nSPS) is 19.1. The molecule has 1 aromatic heterocycles. The quantitative estimate of drug-likeness (QED) is 0.468. The fourth-order valence-corrected chi connectivity index (χ4v) is 6.20. The second-order valence-corrected chi connectivity index (χ2v) is 12.2. The number of amides is 2. The van der Waals surface area contributed by atoms with Crippen LogP contribution in [0.2, 0.25) is 0 Å². The molecule has 0 radical (unpaired) electrons. The summed E-state index contributed by atoms with van der Waals surface area (Å²) in [4.78, 5) is 45.3. The maximum absolute atomic E-state index is 14.2. The van der Waals surface area contributed by atoms with Crippen LogP contribution >= 0.6 is 0 Å². The number of hydrogen-bond acceptors (Lipinski definition) is 6. The number of anilines is 1. The number of piperidine rings is 2. The van der Waals surface area contributed by atoms with Gasteiger partial charge >= 0.3 is 6.18 Å². The lowest BCUT2D eigenvalue weighted by atomic mass is 9.71. The molecule has 1 aromatic carbocycles. The van der Waals surface area contributed by atoms with E-state index in [4.69, 9.17) is 4.74 Å². The lowest BCUT2D eigenvalue weighted by Crippen LogP contribution is -2.57. The third-order valence-electron chi connectivity index (χ3n) is 8.81. The largest absolute Gasteiger partial charge is 0.494 e. The summed E-state index contributed by atoms with van der Waals surface area (Å²) in [7, 11) is 3.18. The zero-order valence-electron chi connectivity index (χ0n) is 25.2. The monoisotopic (exact) mass is 606 g/mol. The number of halogens is 3. The smallest absolute Gasteiger partial charge is 0.430 e. The molecule has 236 valence electrons. The second-order valence-electron chi connectivity index (χ2n) is 12.2. The number of aliphatic hydroxyl groups is 1. The van der Waals surface area contributed by atoms with Gasteiger partial charge in [-0.15, -0.1) is 0 Å². The highest BCUT2D eigenvalue weighted by atomic mass is 19.4. The van der Waals surface area contributed by atoms with Gasteiger partial charge in [-0.1, -0.05) is 19.1 Å². The number of H-pyrrole nitrogens is 1. The maximum atomic E-state index is 14.2. The van der Waals surface area contributed by atoms with Gasteiger partial charge < -0.3 is 29.5 Å². The first-order valence-corrected chi connectivity index (χ1v) is 14.7. The number of ether oxygens (including phenoxy) is 1. The van der Waals surface area contributed by atoms with E-state index in [1.54, 1.807) is 33.2 Å². The molecule has 2 fully saturated rings. The molecular weight excluding hydrogens is 565 g/mol. The number of nitrogens with one attached hydrogen (secondary N) is 1. The molecule has 0 bridgehead atoms. The molecule has 0 spiro atoms. The summed E-state index contributed by atoms with van der Waals surface area (Å²) in [6.45, 7) is 5.83. The summed E-state index contributed by atoms with van der Waals surface area (Å²) in [5.74, 6) is -0.670. The predicted octanol–water partition coefficient (Wildman–Crippen LogP) is 4.16. The van der Waals surface area contributed by atoms with Crippen LogP contribution in [-0.2, 0) is 10.4 Å². The first-order chi connectivity index (χ1) is 20.2. The highest BCUT2D eigenvalue weighted by Crippen LogP contribution is 2.44. The number of nitrogens with zero attached hydrogens (tertiary/aromatic N) is 3. The molecule has 1 unspecified atom stereocenters. The van der Waals surface area contributed by atoms with Crippen LogP contribution in [0.15, 0.2) is 41.2 Å². The molecule has 2 aliphatic rings. The Kier molecular flexibility index (Phi) is 9.48. The molecular formula is C31H41F3N4O5. The minimum absolute atomic E-state index is 0.000886. The van der Waals surface area contributed by atoms with E-state index < -0.39 is 28.8 Å². The molecule has 0 saturated carbocycles. The van der Waals surface area contributed by atoms with Crippen molar-refractivity contribution in [2.75, 3.05) is 51.8 Å². The summed E-state index contributed by atoms with van der Waals surface area (Å²) in [6, 6.07) is 8.29. The molecule has 2 aliphatic heterocycles. The van der Waals surface area contributed by atoms with E-state index in [0.29, 0.717) is 31.7 Å². The molecule has 3 heterocycles. The van der Waals surface area contributed by atoms with Crippen LogP contribution in [0.3, 0.4) is 0 Å². The molecule has 2 N–H and O–H groups in total. The van der Waals surface area contributed by atoms with Crippen LogP contribution in [0.1, 0.15) is 61.9 Å². The number of carbonyl (C=O) groups is 2. The molecule has 43 heavy (non-hydrogen) atoms. The average Bonchev–Trinajstić information content (AvgIpc) is 2.96. The van der Waals surface area contributed by atoms with Gasteiger partial charge in [0.05, 0.1) is 6.61 Å². The van der Waals surface area contributed by atoms with E-state index in [2.05, 4.69) is 16.8 Å². The Morgan fingerprint density at radius 3 is 2.30 bits per heavy atom. The van der Waals surface area contributed by atoms with Gasteiger partial charge in [-0.25, -0.2) is 0 Å². The summed E-state index contributed by atoms with van der Waals surface area (Å²) in [5.41, 5.74) is -4.55. The number of carbonyl (C=O) groups excluding carboxylic acids is 2. The first kappa shape index (κ1) is 32.4. The second kappa shape index (κ2) is 12.6. The molecule has 0 aliphatic carbocycles. The average molecular weight is 607 g/mol. The van der Waals surface area contributed by atoms with E-state index >= 15 is 0 Å². The van der Waals surface area contributed by atoms with Crippen LogP contribution < -0.4 is 15.2 Å². The van der Waals surface area contributed by atoms with E-state index in [9.17, 15) is 32.7 Å². The van der Waals surface area contributed by atoms with Crippen molar-refractivity contribution in [3.05, 3.63) is 57.9 Å². The van der Waals surface area contributed by atoms with E-state index in [1.807, 2.05) is 0 Å². The zero-order valence-corrected chi connectivity index (χ0v) is 25.2. The topological polar surface area (TPSA) is 106 Å². The number of aromatic amines is 1. The Labute approximate surface area is 249 Å². The number of likely N-dealkylation sites (tertiary alicyclic amines) is 1. The number of pyridine rings is 1. The fourth-order valence-electron chi connectivity index (χ4n) is 6.20. The SMILES string of the molecule is CCOc1cccc(C(O)(C(=O)N2CCC(CC3(C)CCN(c4ccc(C(=O)N(C)C)c(=O)[nH]4)CC3)CC2)C(F)(F)F)c1. The predicted molar refractivity (Wildman–Crippen MR) is 156 cm³/mol. The standard InChI is InChI=1S/C31H41F3N4O5/c1-5-43-23-8-6-7-22(19-23)30(42,31(32,33)34)28(41)38-15-11-21(12-16-38)20-29(2)13-17-37(18-14-29)25-10-9-24(26(39)35-25)27(40)36(3)4/h6-10,19,21,42H,5,11-18,20H2,1-4H3,(H,35,39). The number of aromatic nitrogens is 1. The van der Waals surface area contributed by atoms with Crippen molar-refractivity contribution >= 4 is 17.6 Å². The van der Waals surface area contributed by atoms with Gasteiger partial charge in [-0.2, -0.15) is 13.2 Å². The van der Waals surface area contributed by atoms with Crippen molar-refractivity contribution in [1.29, 1.82) is 0 Å². The lowest BCUT2D eigenvalue weighted by Gasteiger charge is -2.44. The summed E-state index contributed by atoms with van der Waals surface area (Å²) in [6.07, 6.45) is -1.53. The minimum atomic E-state index is -5.21. The van der Waals surface area contributed by atoms with Crippen molar-refractivity contribution in [1.82, 2.24) is 14.8 Å². The van der Waals surface area contributed by atoms with Crippen molar-refractivity contribution in [2.24, 2.45) is 11.3 Å². The highest BCUT2D eigenvalue weighted by Gasteiger charge is 2.62. The van der Waals surface area contributed by atoms with E-state index in [0.717, 1.165) is 36.3 Å². The Bertz CT molecular complexity index is 1360. The van der Waals surface area contributed by atoms with Gasteiger partial charge in [0.1, 0.15) is 17.1 Å². The van der Waals surface area contributed by atoms with Crippen LogP contribution in [0.5, 0.6) is 5.75 Å². The molecule has 2 saturated heterocycles. The molecule has 1 atom stereocenters. The van der Waals surface area contributed by atoms with Crippen molar-refractivity contribution in [2.45, 2.75) is 57.7 Å². The summed E-state index contributed by atoms with van der Waals surface area (Å²) in [5, 5.41) is 10.9. The van der Waals surface area contributed by atoms with Gasteiger partial charge in [0.25, 0.3) is 23.0 Å². The molecule has 4 rings (SSSR count). The minimum Gasteiger partial charge on any atom is -0.494 e. The van der Waals surface area contributed by atoms with Crippen LogP contribution in [0, 0.1) is 11.3 Å². The summed E-state index contributed by atoms with van der Waals surface area (Å²) >= 11 is 0. The third kappa shape index (κ3) is 6.84. The van der Waals surface area contributed by atoms with Crippen molar-refractivity contribution < 1.29 is 32.6 Å². The van der Waals surface area contributed by atoms with E-state index in [1.165, 1.54) is 17.0 Å². The van der Waals surface area contributed by atoms with Gasteiger partial charge in [-0.3, -0.25) is 14.4 Å². The first-order valence-electron chi connectivity index (χ1n) is 14.7. The van der Waals surface area contributed by atoms with Gasteiger partial charge in [-0.05, 0) is 74.6 Å². The van der Waals surface area contributed by atoms with Gasteiger partial charge in [0.2, 0.25) is 0 Å². The third-order valence-corrected chi connectivity index (χ3v) is 8.81. The Hall–Kier alpha value is -3.54. The molecule has 2 amide bonds. The lowest BCUT2D eigenvalue weighted by molar-refractivity contribution is -0.262. The van der Waals surface area contributed by atoms with Crippen molar-refractivity contribution in [3.8, 4) is 5.75 Å². The zero-order chi connectivity index (χ0) is 31.6. The Morgan fingerprint density at radius 1 is 1.09 bits per heavy atom. The number of alkyl halides is 3. The van der Waals surface area contributed by atoms with Crippen LogP contribution in [0.4, 0.5) is 19.0 Å². The highest BCUT2D eigenvalue weighted by molar-refractivity contribution is 5.93. The Morgan fingerprint density at radius 2 is 1.74 bits per heavy atom. The number of rotatable bonds is 8. The molecule has 9 nitrogen and oxygen atoms in total. The number of hydrogen-bond donors (Lipinski definition) is 2. The van der Waals surface area contributed by atoms with Crippen molar-refractivity contribution in [3.63, 3.8) is 0 Å². The molecule has 12 heteroatoms. The summed E-state index contributed by atoms with van der Waals surface area (Å²) < 4.78 is 48.0.